The summed E-state index contributed by atoms with van der Waals surface area (Å²) in [7, 11) is 1.20. The molecule has 0 fully saturated rings. The van der Waals surface area contributed by atoms with Crippen LogP contribution in [0, 0.1) is 12.3 Å². The molecule has 1 atom stereocenters. The molecule has 0 bridgehead atoms. The minimum Gasteiger partial charge on any atom is -0.467 e. The number of carbonyl (C=O) groups is 3. The average molecular weight is 519 g/mol. The lowest BCUT2D eigenvalue weighted by atomic mass is 10.0. The number of nitrogens with one attached hydrogen (secondary N) is 4. The van der Waals surface area contributed by atoms with Gasteiger partial charge in [-0.2, -0.15) is 0 Å². The summed E-state index contributed by atoms with van der Waals surface area (Å²) < 4.78 is 9.91. The molecular weight excluding hydrogens is 484 g/mol. The van der Waals surface area contributed by atoms with Gasteiger partial charge in [0.05, 0.1) is 19.3 Å². The van der Waals surface area contributed by atoms with E-state index in [0.717, 1.165) is 35.3 Å². The van der Waals surface area contributed by atoms with Crippen molar-refractivity contribution < 1.29 is 23.9 Å². The molecule has 0 saturated carbocycles. The molecule has 196 valence electrons. The summed E-state index contributed by atoms with van der Waals surface area (Å²) in [5, 5.41) is 16.4. The minimum atomic E-state index is -1.10. The number of nitrogens with two attached hydrogens (primary N) is 1. The number of carbonyl (C=O) groups excluding carboxylic acids is 3. The van der Waals surface area contributed by atoms with Crippen LogP contribution >= 0.6 is 11.3 Å². The Balaban J connectivity index is 1.94. The average Bonchev–Trinajstić information content (AvgIpc) is 3.18. The van der Waals surface area contributed by atoms with Crippen LogP contribution in [0.15, 0.2) is 18.2 Å². The van der Waals surface area contributed by atoms with Gasteiger partial charge in [0.25, 0.3) is 5.91 Å². The fourth-order valence-electron chi connectivity index (χ4n) is 3.24. The van der Waals surface area contributed by atoms with E-state index in [-0.39, 0.29) is 6.54 Å². The van der Waals surface area contributed by atoms with E-state index in [2.05, 4.69) is 20.9 Å². The number of alkyl carbamates (subject to hydrolysis) is 1. The van der Waals surface area contributed by atoms with E-state index in [1.165, 1.54) is 13.3 Å². The van der Waals surface area contributed by atoms with Crippen molar-refractivity contribution >= 4 is 46.3 Å². The van der Waals surface area contributed by atoms with Gasteiger partial charge in [0.15, 0.2) is 5.13 Å². The Kier molecular flexibility index (Phi) is 10.2. The number of anilines is 2. The zero-order valence-electron chi connectivity index (χ0n) is 21.2. The smallest absolute Gasteiger partial charge is 0.407 e. The maximum absolute atomic E-state index is 12.8. The van der Waals surface area contributed by atoms with Crippen LogP contribution in [-0.2, 0) is 20.7 Å². The van der Waals surface area contributed by atoms with Gasteiger partial charge in [0.2, 0.25) is 0 Å². The summed E-state index contributed by atoms with van der Waals surface area (Å²) in [4.78, 5) is 41.7. The van der Waals surface area contributed by atoms with E-state index < -0.39 is 29.6 Å². The highest BCUT2D eigenvalue weighted by molar-refractivity contribution is 7.17. The molecule has 36 heavy (non-hydrogen) atoms. The summed E-state index contributed by atoms with van der Waals surface area (Å²) >= 11 is 1.16. The molecule has 1 aromatic heterocycles. The molecule has 0 radical (unpaired) electrons. The fourth-order valence-corrected chi connectivity index (χ4v) is 4.14. The molecule has 0 saturated heterocycles. The third kappa shape index (κ3) is 8.52. The molecular formula is C24H34N6O5S. The van der Waals surface area contributed by atoms with Gasteiger partial charge >= 0.3 is 12.1 Å². The second-order valence-electron chi connectivity index (χ2n) is 8.96. The largest absolute Gasteiger partial charge is 0.467 e. The van der Waals surface area contributed by atoms with Crippen LogP contribution in [0.5, 0.6) is 0 Å². The third-order valence-corrected chi connectivity index (χ3v) is 6.03. The highest BCUT2D eigenvalue weighted by Gasteiger charge is 2.26. The predicted molar refractivity (Wildman–Crippen MR) is 140 cm³/mol. The first-order valence-electron chi connectivity index (χ1n) is 11.4. The van der Waals surface area contributed by atoms with Crippen molar-refractivity contribution in [1.29, 1.82) is 5.41 Å². The Labute approximate surface area is 214 Å². The number of methoxy groups -OCH3 is 1. The van der Waals surface area contributed by atoms with Gasteiger partial charge < -0.3 is 36.6 Å². The molecule has 0 spiro atoms. The Morgan fingerprint density at radius 1 is 1.28 bits per heavy atom. The molecule has 6 N–H and O–H groups in total. The van der Waals surface area contributed by atoms with Crippen LogP contribution in [0.3, 0.4) is 0 Å². The topological polar surface area (TPSA) is 169 Å². The van der Waals surface area contributed by atoms with Crippen molar-refractivity contribution in [3.63, 3.8) is 0 Å². The summed E-state index contributed by atoms with van der Waals surface area (Å²) in [5.74, 6) is -1.21. The van der Waals surface area contributed by atoms with Crippen LogP contribution in [0.4, 0.5) is 15.6 Å². The van der Waals surface area contributed by atoms with Crippen molar-refractivity contribution in [1.82, 2.24) is 15.6 Å². The monoisotopic (exact) mass is 518 g/mol. The first-order valence-corrected chi connectivity index (χ1v) is 12.2. The molecule has 2 rings (SSSR count). The number of thiazole rings is 1. The zero-order valence-corrected chi connectivity index (χ0v) is 22.0. The van der Waals surface area contributed by atoms with Crippen LogP contribution in [-0.4, -0.2) is 61.0 Å². The maximum atomic E-state index is 12.8. The first kappa shape index (κ1) is 28.6. The van der Waals surface area contributed by atoms with Gasteiger partial charge in [-0.25, -0.2) is 14.6 Å². The number of hydrogen-bond acceptors (Lipinski definition) is 10. The number of ether oxygens (including phenoxy) is 2. The summed E-state index contributed by atoms with van der Waals surface area (Å²) in [6.07, 6.45) is 2.05. The number of esters is 1. The highest BCUT2D eigenvalue weighted by Crippen LogP contribution is 2.23. The van der Waals surface area contributed by atoms with Gasteiger partial charge in [-0.3, -0.25) is 4.79 Å². The van der Waals surface area contributed by atoms with Gasteiger partial charge in [-0.05, 0) is 52.2 Å². The standard InChI is InChI=1S/C24H34N6O5S/c1-14-19(20(31)30-18(21(32)34-5)13-28-23(33)35-24(2,3)4)36-22(29-14)27-11-7-9-15-8-6-10-17(26)16(15)12-25/h6,8,10,12,18,25H,7,9,11,13,26H2,1-5H3,(H,27,29)(H,28,33)(H,30,31). The second kappa shape index (κ2) is 12.9. The molecule has 12 heteroatoms. The summed E-state index contributed by atoms with van der Waals surface area (Å²) in [6, 6.07) is 4.48. The molecule has 0 aliphatic carbocycles. The number of aromatic nitrogens is 1. The quantitative estimate of drug-likeness (QED) is 0.131. The molecule has 11 nitrogen and oxygen atoms in total. The van der Waals surface area contributed by atoms with E-state index in [1.54, 1.807) is 33.8 Å². The second-order valence-corrected chi connectivity index (χ2v) is 9.96. The van der Waals surface area contributed by atoms with Crippen molar-refractivity contribution in [3.8, 4) is 0 Å². The Hall–Kier alpha value is -3.67. The Morgan fingerprint density at radius 2 is 2.00 bits per heavy atom. The van der Waals surface area contributed by atoms with E-state index in [4.69, 9.17) is 20.6 Å². The molecule has 2 amide bonds. The molecule has 1 heterocycles. The lowest BCUT2D eigenvalue weighted by molar-refractivity contribution is -0.142. The van der Waals surface area contributed by atoms with Crippen LogP contribution < -0.4 is 21.7 Å². The molecule has 2 aromatic rings. The Bertz CT molecular complexity index is 1100. The maximum Gasteiger partial charge on any atom is 0.407 e. The number of rotatable bonds is 11. The molecule has 0 aliphatic rings. The van der Waals surface area contributed by atoms with Gasteiger partial charge in [-0.15, -0.1) is 0 Å². The van der Waals surface area contributed by atoms with Gasteiger partial charge in [-0.1, -0.05) is 23.5 Å². The lowest BCUT2D eigenvalue weighted by Crippen LogP contribution is -2.49. The number of nitrogens with zero attached hydrogens (tertiary/aromatic N) is 1. The van der Waals surface area contributed by atoms with E-state index in [0.29, 0.717) is 27.9 Å². The van der Waals surface area contributed by atoms with Crippen molar-refractivity contribution in [2.45, 2.75) is 52.2 Å². The number of benzene rings is 1. The van der Waals surface area contributed by atoms with Crippen LogP contribution in [0.1, 0.15) is 53.7 Å². The summed E-state index contributed by atoms with van der Waals surface area (Å²) in [6.45, 7) is 7.26. The van der Waals surface area contributed by atoms with E-state index in [9.17, 15) is 14.4 Å². The third-order valence-electron chi connectivity index (χ3n) is 4.92. The molecule has 1 unspecified atom stereocenters. The first-order chi connectivity index (χ1) is 16.9. The molecule has 1 aromatic carbocycles. The van der Waals surface area contributed by atoms with Gasteiger partial charge in [0.1, 0.15) is 16.5 Å². The fraction of sp³-hybridized carbons (Fsp3) is 0.458. The Morgan fingerprint density at radius 3 is 2.64 bits per heavy atom. The van der Waals surface area contributed by atoms with Crippen molar-refractivity contribution in [2.24, 2.45) is 0 Å². The minimum absolute atomic E-state index is 0.196. The van der Waals surface area contributed by atoms with Crippen molar-refractivity contribution in [3.05, 3.63) is 39.9 Å². The predicted octanol–water partition coefficient (Wildman–Crippen LogP) is 2.87. The van der Waals surface area contributed by atoms with Gasteiger partial charge in [0, 0.05) is 24.0 Å². The van der Waals surface area contributed by atoms with E-state index >= 15 is 0 Å². The van der Waals surface area contributed by atoms with Crippen LogP contribution in [0.2, 0.25) is 0 Å². The summed E-state index contributed by atoms with van der Waals surface area (Å²) in [5.41, 5.74) is 8.03. The number of hydrogen-bond donors (Lipinski definition) is 5. The number of aryl methyl sites for hydroxylation is 2. The number of amides is 2. The van der Waals surface area contributed by atoms with Crippen LogP contribution in [0.25, 0.3) is 0 Å². The van der Waals surface area contributed by atoms with Crippen molar-refractivity contribution in [2.75, 3.05) is 31.2 Å². The molecule has 0 aliphatic heterocycles. The van der Waals surface area contributed by atoms with E-state index in [1.807, 2.05) is 12.1 Å². The lowest BCUT2D eigenvalue weighted by Gasteiger charge is -2.21. The number of nitrogen functional groups attached to an aromatic ring is 1. The zero-order chi connectivity index (χ0) is 26.9. The highest BCUT2D eigenvalue weighted by atomic mass is 32.1. The normalized spacial score (nSPS) is 11.8. The SMILES string of the molecule is COC(=O)C(CNC(=O)OC(C)(C)C)NC(=O)c1sc(NCCCc2cccc(N)c2C=N)nc1C.